The predicted octanol–water partition coefficient (Wildman–Crippen LogP) is 4.12. The highest BCUT2D eigenvalue weighted by molar-refractivity contribution is 14.0. The highest BCUT2D eigenvalue weighted by Crippen LogP contribution is 2.20. The number of benzene rings is 1. The fraction of sp³-hybridized carbons (Fsp3) is 0.474. The molecule has 0 spiro atoms. The third-order valence-corrected chi connectivity index (χ3v) is 5.06. The van der Waals surface area contributed by atoms with Crippen molar-refractivity contribution in [3.63, 3.8) is 0 Å². The van der Waals surface area contributed by atoms with Crippen molar-refractivity contribution in [3.05, 3.63) is 50.9 Å². The summed E-state index contributed by atoms with van der Waals surface area (Å²) in [5.41, 5.74) is 2.33. The molecule has 27 heavy (non-hydrogen) atoms. The zero-order valence-corrected chi connectivity index (χ0v) is 20.2. The minimum Gasteiger partial charge on any atom is -0.357 e. The summed E-state index contributed by atoms with van der Waals surface area (Å²) in [5.74, 6) is 0.834. The number of hydrogen-bond donors (Lipinski definition) is 2. The van der Waals surface area contributed by atoms with Crippen LogP contribution in [0.1, 0.15) is 29.2 Å². The molecule has 0 fully saturated rings. The standard InChI is InChI=1S/C19H28ClN5S.HI/c1-5-21-19(22-11-10-17-13-26-14(2)24-17)23-12-18(25(3)4)15-6-8-16(20)9-7-15;/h6-9,13,18H,5,10-12H2,1-4H3,(H2,21,22,23);1H. The van der Waals surface area contributed by atoms with Gasteiger partial charge in [0.25, 0.3) is 0 Å². The van der Waals surface area contributed by atoms with Crippen molar-refractivity contribution in [3.8, 4) is 0 Å². The predicted molar refractivity (Wildman–Crippen MR) is 128 cm³/mol. The van der Waals surface area contributed by atoms with Crippen LogP contribution in [0.25, 0.3) is 0 Å². The largest absolute Gasteiger partial charge is 0.357 e. The SMILES string of the molecule is CCNC(=NCC(c1ccc(Cl)cc1)N(C)C)NCCc1csc(C)n1.I. The number of aromatic nitrogens is 1. The molecule has 2 N–H and O–H groups in total. The normalized spacial score (nSPS) is 12.6. The van der Waals surface area contributed by atoms with Gasteiger partial charge >= 0.3 is 0 Å². The third-order valence-electron chi connectivity index (χ3n) is 3.98. The number of hydrogen-bond acceptors (Lipinski definition) is 4. The molecule has 1 unspecified atom stereocenters. The van der Waals surface area contributed by atoms with Crippen LogP contribution in [0.15, 0.2) is 34.6 Å². The number of nitrogens with one attached hydrogen (secondary N) is 2. The first-order valence-electron chi connectivity index (χ1n) is 8.84. The van der Waals surface area contributed by atoms with Crippen LogP contribution in [0.5, 0.6) is 0 Å². The van der Waals surface area contributed by atoms with Crippen molar-refractivity contribution >= 4 is 52.9 Å². The molecular weight excluding hydrogens is 493 g/mol. The first-order valence-corrected chi connectivity index (χ1v) is 10.1. The van der Waals surface area contributed by atoms with E-state index in [0.717, 1.165) is 41.2 Å². The van der Waals surface area contributed by atoms with Crippen LogP contribution in [0, 0.1) is 6.92 Å². The first-order chi connectivity index (χ1) is 12.5. The van der Waals surface area contributed by atoms with E-state index in [1.165, 1.54) is 5.56 Å². The molecule has 1 aromatic carbocycles. The number of likely N-dealkylation sites (N-methyl/N-ethyl adjacent to an activating group) is 1. The summed E-state index contributed by atoms with van der Waals surface area (Å²) in [7, 11) is 4.14. The van der Waals surface area contributed by atoms with Crippen LogP contribution in [0.4, 0.5) is 0 Å². The van der Waals surface area contributed by atoms with E-state index in [2.05, 4.69) is 59.0 Å². The minimum absolute atomic E-state index is 0. The van der Waals surface area contributed by atoms with Gasteiger partial charge in [-0.1, -0.05) is 23.7 Å². The molecular formula is C19H29ClIN5S. The second-order valence-electron chi connectivity index (χ2n) is 6.29. The second kappa shape index (κ2) is 12.5. The third kappa shape index (κ3) is 8.33. The van der Waals surface area contributed by atoms with Crippen molar-refractivity contribution in [2.45, 2.75) is 26.3 Å². The van der Waals surface area contributed by atoms with E-state index in [4.69, 9.17) is 16.6 Å². The molecule has 0 aliphatic rings. The molecule has 1 aromatic heterocycles. The van der Waals surface area contributed by atoms with E-state index in [-0.39, 0.29) is 30.0 Å². The molecule has 0 aliphatic carbocycles. The Morgan fingerprint density at radius 1 is 1.26 bits per heavy atom. The minimum atomic E-state index is 0. The number of nitrogens with zero attached hydrogens (tertiary/aromatic N) is 3. The molecule has 8 heteroatoms. The van der Waals surface area contributed by atoms with Gasteiger partial charge in [-0.25, -0.2) is 4.98 Å². The lowest BCUT2D eigenvalue weighted by molar-refractivity contribution is 0.306. The molecule has 0 saturated carbocycles. The maximum absolute atomic E-state index is 6.01. The summed E-state index contributed by atoms with van der Waals surface area (Å²) in [5, 5.41) is 10.7. The van der Waals surface area contributed by atoms with Crippen molar-refractivity contribution in [1.82, 2.24) is 20.5 Å². The zero-order valence-electron chi connectivity index (χ0n) is 16.3. The number of guanidine groups is 1. The van der Waals surface area contributed by atoms with E-state index in [9.17, 15) is 0 Å². The summed E-state index contributed by atoms with van der Waals surface area (Å²) in [6.07, 6.45) is 0.892. The number of halogens is 2. The fourth-order valence-electron chi connectivity index (χ4n) is 2.60. The Balaban J connectivity index is 0.00000364. The number of thiazole rings is 1. The Morgan fingerprint density at radius 2 is 1.96 bits per heavy atom. The molecule has 0 aliphatic heterocycles. The van der Waals surface area contributed by atoms with Gasteiger partial charge in [-0.05, 0) is 45.6 Å². The number of aryl methyl sites for hydroxylation is 1. The highest BCUT2D eigenvalue weighted by Gasteiger charge is 2.14. The lowest BCUT2D eigenvalue weighted by Crippen LogP contribution is -2.39. The average molecular weight is 522 g/mol. The van der Waals surface area contributed by atoms with Gasteiger partial charge in [-0.2, -0.15) is 0 Å². The summed E-state index contributed by atoms with van der Waals surface area (Å²) >= 11 is 7.70. The van der Waals surface area contributed by atoms with Gasteiger partial charge in [0.15, 0.2) is 5.96 Å². The molecule has 0 saturated heterocycles. The van der Waals surface area contributed by atoms with Gasteiger partial charge < -0.3 is 15.5 Å². The maximum atomic E-state index is 6.01. The van der Waals surface area contributed by atoms with Crippen LogP contribution in [-0.4, -0.2) is 49.6 Å². The van der Waals surface area contributed by atoms with Crippen LogP contribution >= 0.6 is 46.9 Å². The molecule has 2 aromatic rings. The zero-order chi connectivity index (χ0) is 18.9. The van der Waals surface area contributed by atoms with Crippen molar-refractivity contribution in [2.75, 3.05) is 33.7 Å². The highest BCUT2D eigenvalue weighted by atomic mass is 127. The van der Waals surface area contributed by atoms with Gasteiger partial charge in [-0.3, -0.25) is 4.99 Å². The van der Waals surface area contributed by atoms with Gasteiger partial charge in [-0.15, -0.1) is 35.3 Å². The first kappa shape index (κ1) is 24.1. The van der Waals surface area contributed by atoms with E-state index in [1.807, 2.05) is 19.1 Å². The Labute approximate surface area is 188 Å². The summed E-state index contributed by atoms with van der Waals surface area (Å²) in [6, 6.07) is 8.18. The molecule has 0 amide bonds. The van der Waals surface area contributed by atoms with Gasteiger partial charge in [0.1, 0.15) is 0 Å². The summed E-state index contributed by atoms with van der Waals surface area (Å²) in [4.78, 5) is 11.4. The molecule has 150 valence electrons. The lowest BCUT2D eigenvalue weighted by Gasteiger charge is -2.23. The Bertz CT molecular complexity index is 702. The van der Waals surface area contributed by atoms with Crippen LogP contribution in [-0.2, 0) is 6.42 Å². The fourth-order valence-corrected chi connectivity index (χ4v) is 3.38. The maximum Gasteiger partial charge on any atom is 0.191 e. The van der Waals surface area contributed by atoms with Gasteiger partial charge in [0.2, 0.25) is 0 Å². The van der Waals surface area contributed by atoms with Crippen LogP contribution in [0.3, 0.4) is 0 Å². The lowest BCUT2D eigenvalue weighted by atomic mass is 10.1. The molecule has 1 heterocycles. The van der Waals surface area contributed by atoms with Crippen molar-refractivity contribution < 1.29 is 0 Å². The van der Waals surface area contributed by atoms with E-state index in [1.54, 1.807) is 11.3 Å². The van der Waals surface area contributed by atoms with E-state index < -0.39 is 0 Å². The molecule has 5 nitrogen and oxygen atoms in total. The van der Waals surface area contributed by atoms with E-state index >= 15 is 0 Å². The van der Waals surface area contributed by atoms with Crippen molar-refractivity contribution in [2.24, 2.45) is 4.99 Å². The Morgan fingerprint density at radius 3 is 2.52 bits per heavy atom. The number of rotatable bonds is 8. The van der Waals surface area contributed by atoms with Gasteiger partial charge in [0.05, 0.1) is 23.3 Å². The molecule has 1 atom stereocenters. The van der Waals surface area contributed by atoms with Crippen LogP contribution < -0.4 is 10.6 Å². The van der Waals surface area contributed by atoms with Crippen molar-refractivity contribution in [1.29, 1.82) is 0 Å². The average Bonchev–Trinajstić information content (AvgIpc) is 3.01. The molecule has 2 rings (SSSR count). The van der Waals surface area contributed by atoms with Crippen LogP contribution in [0.2, 0.25) is 5.02 Å². The smallest absolute Gasteiger partial charge is 0.191 e. The molecule has 0 bridgehead atoms. The monoisotopic (exact) mass is 521 g/mol. The number of aliphatic imine (C=N–C) groups is 1. The molecule has 0 radical (unpaired) electrons. The quantitative estimate of drug-likeness (QED) is 0.312. The Hall–Kier alpha value is -0.900. The van der Waals surface area contributed by atoms with Gasteiger partial charge in [0, 0.05) is 29.9 Å². The van der Waals surface area contributed by atoms with E-state index in [0.29, 0.717) is 6.54 Å². The summed E-state index contributed by atoms with van der Waals surface area (Å²) in [6.45, 7) is 6.41. The Kier molecular flexibility index (Phi) is 11.2. The summed E-state index contributed by atoms with van der Waals surface area (Å²) < 4.78 is 0. The topological polar surface area (TPSA) is 52.6 Å². The second-order valence-corrected chi connectivity index (χ2v) is 7.78.